The first kappa shape index (κ1) is 15.6. The van der Waals surface area contributed by atoms with Gasteiger partial charge in [-0.3, -0.25) is 15.5 Å². The standard InChI is InChI=1S/C14H14N4O3S/c1-10(11-4-2-5-12(8-11)18(19)20)16-17-14(22)15-9-13-6-3-7-21-13/h2-8H,9H2,1H3,(H2,15,17,22)/b16-10-. The normalized spacial score (nSPS) is 11.0. The highest BCUT2D eigenvalue weighted by Crippen LogP contribution is 2.13. The van der Waals surface area contributed by atoms with E-state index in [1.165, 1.54) is 12.1 Å². The smallest absolute Gasteiger partial charge is 0.270 e. The lowest BCUT2D eigenvalue weighted by molar-refractivity contribution is -0.384. The number of nitro benzene ring substituents is 1. The molecule has 1 aromatic heterocycles. The zero-order chi connectivity index (χ0) is 15.9. The number of hydrazone groups is 1. The van der Waals surface area contributed by atoms with Gasteiger partial charge in [-0.1, -0.05) is 12.1 Å². The van der Waals surface area contributed by atoms with Crippen LogP contribution >= 0.6 is 12.2 Å². The third-order valence-electron chi connectivity index (χ3n) is 2.80. The second-order valence-electron chi connectivity index (χ2n) is 4.38. The number of hydrogen-bond acceptors (Lipinski definition) is 5. The lowest BCUT2D eigenvalue weighted by atomic mass is 10.1. The molecule has 0 aliphatic carbocycles. The van der Waals surface area contributed by atoms with Crippen molar-refractivity contribution in [3.63, 3.8) is 0 Å². The lowest BCUT2D eigenvalue weighted by Crippen LogP contribution is -2.32. The van der Waals surface area contributed by atoms with Gasteiger partial charge in [0.1, 0.15) is 5.76 Å². The van der Waals surface area contributed by atoms with Crippen molar-refractivity contribution < 1.29 is 9.34 Å². The van der Waals surface area contributed by atoms with E-state index in [2.05, 4.69) is 15.8 Å². The number of thiocarbonyl (C=S) groups is 1. The van der Waals surface area contributed by atoms with Crippen molar-refractivity contribution in [2.75, 3.05) is 0 Å². The summed E-state index contributed by atoms with van der Waals surface area (Å²) in [7, 11) is 0. The molecule has 1 aromatic carbocycles. The molecule has 0 aliphatic heterocycles. The van der Waals surface area contributed by atoms with Crippen molar-refractivity contribution in [1.82, 2.24) is 10.7 Å². The van der Waals surface area contributed by atoms with Crippen molar-refractivity contribution >= 4 is 28.7 Å². The molecule has 0 radical (unpaired) electrons. The van der Waals surface area contributed by atoms with Crippen LogP contribution in [0.3, 0.4) is 0 Å². The van der Waals surface area contributed by atoms with E-state index in [9.17, 15) is 10.1 Å². The summed E-state index contributed by atoms with van der Waals surface area (Å²) in [5.74, 6) is 0.753. The largest absolute Gasteiger partial charge is 0.467 e. The number of hydrogen-bond donors (Lipinski definition) is 2. The quantitative estimate of drug-likeness (QED) is 0.381. The third kappa shape index (κ3) is 4.38. The van der Waals surface area contributed by atoms with Crippen LogP contribution in [0.5, 0.6) is 0 Å². The van der Waals surface area contributed by atoms with Crippen molar-refractivity contribution in [3.8, 4) is 0 Å². The predicted molar refractivity (Wildman–Crippen MR) is 86.6 cm³/mol. The van der Waals surface area contributed by atoms with E-state index in [-0.39, 0.29) is 5.69 Å². The van der Waals surface area contributed by atoms with Crippen LogP contribution in [-0.4, -0.2) is 15.7 Å². The van der Waals surface area contributed by atoms with Crippen LogP contribution in [0.4, 0.5) is 5.69 Å². The fourth-order valence-corrected chi connectivity index (χ4v) is 1.78. The molecule has 0 amide bonds. The Morgan fingerprint density at radius 1 is 1.41 bits per heavy atom. The van der Waals surface area contributed by atoms with Crippen molar-refractivity contribution in [2.45, 2.75) is 13.5 Å². The molecular weight excluding hydrogens is 304 g/mol. The van der Waals surface area contributed by atoms with Gasteiger partial charge in [0.2, 0.25) is 0 Å². The van der Waals surface area contributed by atoms with Crippen LogP contribution in [0.25, 0.3) is 0 Å². The number of nitrogens with one attached hydrogen (secondary N) is 2. The van der Waals surface area contributed by atoms with Gasteiger partial charge in [-0.05, 0) is 31.3 Å². The molecule has 2 aromatic rings. The summed E-state index contributed by atoms with van der Waals surface area (Å²) in [6.45, 7) is 2.19. The molecular formula is C14H14N4O3S. The monoisotopic (exact) mass is 318 g/mol. The minimum atomic E-state index is -0.445. The van der Waals surface area contributed by atoms with E-state index in [1.54, 1.807) is 31.4 Å². The Bertz CT molecular complexity index is 698. The Morgan fingerprint density at radius 2 is 2.23 bits per heavy atom. The molecule has 7 nitrogen and oxygen atoms in total. The molecule has 0 aliphatic rings. The maximum atomic E-state index is 10.7. The van der Waals surface area contributed by atoms with Crippen LogP contribution in [0.1, 0.15) is 18.2 Å². The van der Waals surface area contributed by atoms with Gasteiger partial charge in [-0.15, -0.1) is 0 Å². The number of nitrogens with zero attached hydrogens (tertiary/aromatic N) is 2. The average Bonchev–Trinajstić information content (AvgIpc) is 3.04. The molecule has 2 rings (SSSR count). The van der Waals surface area contributed by atoms with Crippen molar-refractivity contribution in [3.05, 3.63) is 64.1 Å². The Morgan fingerprint density at radius 3 is 2.91 bits per heavy atom. The second kappa shape index (κ2) is 7.32. The first-order chi connectivity index (χ1) is 10.6. The summed E-state index contributed by atoms with van der Waals surface area (Å²) in [6.07, 6.45) is 1.58. The number of non-ortho nitro benzene ring substituents is 1. The summed E-state index contributed by atoms with van der Waals surface area (Å²) >= 11 is 5.08. The zero-order valence-electron chi connectivity index (χ0n) is 11.8. The van der Waals surface area contributed by atoms with Gasteiger partial charge in [-0.2, -0.15) is 5.10 Å². The predicted octanol–water partition coefficient (Wildman–Crippen LogP) is 2.58. The Kier molecular flexibility index (Phi) is 5.21. The molecule has 0 spiro atoms. The minimum absolute atomic E-state index is 0.0190. The maximum Gasteiger partial charge on any atom is 0.270 e. The average molecular weight is 318 g/mol. The van der Waals surface area contributed by atoms with Crippen molar-refractivity contribution in [2.24, 2.45) is 5.10 Å². The van der Waals surface area contributed by atoms with Gasteiger partial charge in [0.05, 0.1) is 23.4 Å². The topological polar surface area (TPSA) is 92.7 Å². The van der Waals surface area contributed by atoms with Gasteiger partial charge >= 0.3 is 0 Å². The summed E-state index contributed by atoms with van der Waals surface area (Å²) in [6, 6.07) is 9.86. The van der Waals surface area contributed by atoms with Crippen LogP contribution in [0.15, 0.2) is 52.2 Å². The number of benzene rings is 1. The number of nitro groups is 1. The van der Waals surface area contributed by atoms with E-state index in [1.807, 2.05) is 6.07 Å². The molecule has 0 bridgehead atoms. The highest BCUT2D eigenvalue weighted by atomic mass is 32.1. The van der Waals surface area contributed by atoms with E-state index in [0.717, 1.165) is 5.76 Å². The van der Waals surface area contributed by atoms with Gasteiger partial charge in [0, 0.05) is 17.7 Å². The van der Waals surface area contributed by atoms with Crippen LogP contribution < -0.4 is 10.7 Å². The van der Waals surface area contributed by atoms with Crippen LogP contribution in [-0.2, 0) is 6.54 Å². The van der Waals surface area contributed by atoms with E-state index in [4.69, 9.17) is 16.6 Å². The minimum Gasteiger partial charge on any atom is -0.467 e. The molecule has 0 saturated heterocycles. The summed E-state index contributed by atoms with van der Waals surface area (Å²) in [5.41, 5.74) is 3.95. The first-order valence-corrected chi connectivity index (χ1v) is 6.82. The summed E-state index contributed by atoms with van der Waals surface area (Å²) in [5, 5.41) is 18.1. The maximum absolute atomic E-state index is 10.7. The summed E-state index contributed by atoms with van der Waals surface area (Å²) in [4.78, 5) is 10.3. The van der Waals surface area contributed by atoms with E-state index >= 15 is 0 Å². The fraction of sp³-hybridized carbons (Fsp3) is 0.143. The molecule has 1 heterocycles. The van der Waals surface area contributed by atoms with Gasteiger partial charge in [0.25, 0.3) is 5.69 Å². The van der Waals surface area contributed by atoms with Crippen LogP contribution in [0.2, 0.25) is 0 Å². The highest BCUT2D eigenvalue weighted by Gasteiger charge is 2.07. The van der Waals surface area contributed by atoms with Gasteiger partial charge in [0.15, 0.2) is 5.11 Å². The molecule has 0 atom stereocenters. The highest BCUT2D eigenvalue weighted by molar-refractivity contribution is 7.80. The van der Waals surface area contributed by atoms with E-state index in [0.29, 0.717) is 22.9 Å². The Balaban J connectivity index is 1.92. The molecule has 22 heavy (non-hydrogen) atoms. The Hall–Kier alpha value is -2.74. The number of rotatable bonds is 5. The molecule has 0 fully saturated rings. The molecule has 2 N–H and O–H groups in total. The Labute approximate surface area is 132 Å². The van der Waals surface area contributed by atoms with E-state index < -0.39 is 4.92 Å². The van der Waals surface area contributed by atoms with Gasteiger partial charge in [-0.25, -0.2) is 0 Å². The van der Waals surface area contributed by atoms with Crippen molar-refractivity contribution in [1.29, 1.82) is 0 Å². The van der Waals surface area contributed by atoms with Gasteiger partial charge < -0.3 is 9.73 Å². The molecule has 0 saturated carbocycles. The SMILES string of the molecule is C/C(=N/NC(=S)NCc1ccco1)c1cccc([N+](=O)[O-])c1. The third-order valence-corrected chi connectivity index (χ3v) is 3.04. The summed E-state index contributed by atoms with van der Waals surface area (Å²) < 4.78 is 5.16. The molecule has 114 valence electrons. The second-order valence-corrected chi connectivity index (χ2v) is 4.79. The number of furan rings is 1. The molecule has 8 heteroatoms. The fourth-order valence-electron chi connectivity index (χ4n) is 1.66. The van der Waals surface area contributed by atoms with Crippen LogP contribution in [0, 0.1) is 10.1 Å². The lowest BCUT2D eigenvalue weighted by Gasteiger charge is -2.06. The molecule has 0 unspecified atom stereocenters. The first-order valence-electron chi connectivity index (χ1n) is 6.41. The zero-order valence-corrected chi connectivity index (χ0v) is 12.6.